The average molecular weight is 247 g/mol. The molecule has 2 heteroatoms. The quantitative estimate of drug-likeness (QED) is 0.868. The van der Waals surface area contributed by atoms with E-state index in [2.05, 4.69) is 38.1 Å². The lowest BCUT2D eigenvalue weighted by Crippen LogP contribution is -2.34. The molecule has 0 aromatic heterocycles. The summed E-state index contributed by atoms with van der Waals surface area (Å²) >= 11 is 0. The lowest BCUT2D eigenvalue weighted by molar-refractivity contribution is 0.00459. The van der Waals surface area contributed by atoms with Crippen LogP contribution < -0.4 is 5.73 Å². The van der Waals surface area contributed by atoms with Gasteiger partial charge in [-0.2, -0.15) is 0 Å². The Morgan fingerprint density at radius 3 is 2.22 bits per heavy atom. The second-order valence-electron chi connectivity index (χ2n) is 6.29. The molecule has 100 valence electrons. The third kappa shape index (κ3) is 2.76. The standard InChI is InChI=1S/C16H25NO/c1-15(2,18-3)8-9-16(12-17)10-13-6-4-5-7-14(13)11-16/h4-7H,8-12,17H2,1-3H3. The molecule has 0 radical (unpaired) electrons. The summed E-state index contributed by atoms with van der Waals surface area (Å²) in [7, 11) is 1.79. The fraction of sp³-hybridized carbons (Fsp3) is 0.625. The van der Waals surface area contributed by atoms with Crippen LogP contribution >= 0.6 is 0 Å². The van der Waals surface area contributed by atoms with E-state index in [0.717, 1.165) is 32.2 Å². The highest BCUT2D eigenvalue weighted by Gasteiger charge is 2.37. The maximum absolute atomic E-state index is 6.08. The van der Waals surface area contributed by atoms with Crippen molar-refractivity contribution in [2.45, 2.75) is 45.1 Å². The van der Waals surface area contributed by atoms with Crippen LogP contribution in [0.4, 0.5) is 0 Å². The molecule has 1 aliphatic rings. The maximum atomic E-state index is 6.08. The zero-order chi connectivity index (χ0) is 13.2. The molecule has 1 aromatic carbocycles. The number of benzene rings is 1. The van der Waals surface area contributed by atoms with Gasteiger partial charge in [-0.15, -0.1) is 0 Å². The van der Waals surface area contributed by atoms with Gasteiger partial charge in [-0.3, -0.25) is 0 Å². The molecule has 0 saturated carbocycles. The van der Waals surface area contributed by atoms with Gasteiger partial charge in [0.15, 0.2) is 0 Å². The van der Waals surface area contributed by atoms with Gasteiger partial charge in [0.05, 0.1) is 5.60 Å². The lowest BCUT2D eigenvalue weighted by atomic mass is 9.78. The Morgan fingerprint density at radius 1 is 1.22 bits per heavy atom. The molecule has 0 unspecified atom stereocenters. The molecule has 0 aliphatic heterocycles. The van der Waals surface area contributed by atoms with E-state index in [4.69, 9.17) is 10.5 Å². The number of fused-ring (bicyclic) bond motifs is 1. The van der Waals surface area contributed by atoms with Gasteiger partial charge in [0.1, 0.15) is 0 Å². The smallest absolute Gasteiger partial charge is 0.0623 e. The van der Waals surface area contributed by atoms with Crippen LogP contribution in [0.3, 0.4) is 0 Å². The van der Waals surface area contributed by atoms with E-state index < -0.39 is 0 Å². The highest BCUT2D eigenvalue weighted by Crippen LogP contribution is 2.41. The number of nitrogens with two attached hydrogens (primary N) is 1. The minimum Gasteiger partial charge on any atom is -0.379 e. The van der Waals surface area contributed by atoms with Crippen molar-refractivity contribution >= 4 is 0 Å². The van der Waals surface area contributed by atoms with Gasteiger partial charge in [0.2, 0.25) is 0 Å². The highest BCUT2D eigenvalue weighted by molar-refractivity contribution is 5.34. The van der Waals surface area contributed by atoms with Crippen LogP contribution in [0, 0.1) is 5.41 Å². The Labute approximate surface area is 111 Å². The second kappa shape index (κ2) is 5.02. The first-order valence-electron chi connectivity index (χ1n) is 6.82. The summed E-state index contributed by atoms with van der Waals surface area (Å²) in [6.45, 7) is 5.07. The van der Waals surface area contributed by atoms with Crippen molar-refractivity contribution in [3.05, 3.63) is 35.4 Å². The Bertz CT molecular complexity index is 386. The van der Waals surface area contributed by atoms with Gasteiger partial charge in [-0.05, 0) is 62.6 Å². The number of methoxy groups -OCH3 is 1. The predicted molar refractivity (Wildman–Crippen MR) is 75.7 cm³/mol. The first kappa shape index (κ1) is 13.6. The Hall–Kier alpha value is -0.860. The van der Waals surface area contributed by atoms with Gasteiger partial charge >= 0.3 is 0 Å². The summed E-state index contributed by atoms with van der Waals surface area (Å²) in [6.07, 6.45) is 4.45. The van der Waals surface area contributed by atoms with E-state index in [1.54, 1.807) is 7.11 Å². The van der Waals surface area contributed by atoms with Crippen molar-refractivity contribution in [1.29, 1.82) is 0 Å². The van der Waals surface area contributed by atoms with Crippen molar-refractivity contribution in [2.24, 2.45) is 11.1 Å². The summed E-state index contributed by atoms with van der Waals surface area (Å²) < 4.78 is 5.52. The molecular weight excluding hydrogens is 222 g/mol. The monoisotopic (exact) mass is 247 g/mol. The summed E-state index contributed by atoms with van der Waals surface area (Å²) in [6, 6.07) is 8.75. The maximum Gasteiger partial charge on any atom is 0.0623 e. The summed E-state index contributed by atoms with van der Waals surface area (Å²) in [4.78, 5) is 0. The molecule has 0 amide bonds. The second-order valence-corrected chi connectivity index (χ2v) is 6.29. The fourth-order valence-corrected chi connectivity index (χ4v) is 2.86. The molecule has 1 aliphatic carbocycles. The van der Waals surface area contributed by atoms with Gasteiger partial charge in [-0.25, -0.2) is 0 Å². The third-order valence-corrected chi connectivity index (χ3v) is 4.49. The van der Waals surface area contributed by atoms with Crippen LogP contribution in [-0.2, 0) is 17.6 Å². The zero-order valence-electron chi connectivity index (χ0n) is 11.8. The molecule has 0 saturated heterocycles. The lowest BCUT2D eigenvalue weighted by Gasteiger charge is -2.32. The summed E-state index contributed by atoms with van der Waals surface area (Å²) in [5.74, 6) is 0. The predicted octanol–water partition coefficient (Wildman–Crippen LogP) is 2.94. The summed E-state index contributed by atoms with van der Waals surface area (Å²) in [5.41, 5.74) is 9.25. The van der Waals surface area contributed by atoms with Crippen LogP contribution in [0.15, 0.2) is 24.3 Å². The number of hydrogen-bond acceptors (Lipinski definition) is 2. The van der Waals surface area contributed by atoms with Crippen LogP contribution in [-0.4, -0.2) is 19.3 Å². The van der Waals surface area contributed by atoms with Crippen molar-refractivity contribution < 1.29 is 4.74 Å². The minimum absolute atomic E-state index is 0.0447. The van der Waals surface area contributed by atoms with E-state index in [1.807, 2.05) is 0 Å². The van der Waals surface area contributed by atoms with E-state index in [0.29, 0.717) is 0 Å². The Kier molecular flexibility index (Phi) is 3.79. The molecule has 2 rings (SSSR count). The van der Waals surface area contributed by atoms with E-state index in [-0.39, 0.29) is 11.0 Å². The first-order chi connectivity index (χ1) is 8.50. The molecular formula is C16H25NO. The topological polar surface area (TPSA) is 35.2 Å². The van der Waals surface area contributed by atoms with E-state index in [9.17, 15) is 0 Å². The van der Waals surface area contributed by atoms with E-state index in [1.165, 1.54) is 11.1 Å². The van der Waals surface area contributed by atoms with Crippen LogP contribution in [0.2, 0.25) is 0 Å². The first-order valence-corrected chi connectivity index (χ1v) is 6.82. The zero-order valence-corrected chi connectivity index (χ0v) is 11.8. The molecule has 0 heterocycles. The normalized spacial score (nSPS) is 17.8. The fourth-order valence-electron chi connectivity index (χ4n) is 2.86. The van der Waals surface area contributed by atoms with Gasteiger partial charge < -0.3 is 10.5 Å². The molecule has 0 atom stereocenters. The summed E-state index contributed by atoms with van der Waals surface area (Å²) in [5, 5.41) is 0. The third-order valence-electron chi connectivity index (χ3n) is 4.49. The minimum atomic E-state index is -0.0447. The van der Waals surface area contributed by atoms with Crippen LogP contribution in [0.25, 0.3) is 0 Å². The van der Waals surface area contributed by atoms with Gasteiger partial charge in [-0.1, -0.05) is 24.3 Å². The molecule has 1 aromatic rings. The molecule has 2 nitrogen and oxygen atoms in total. The highest BCUT2D eigenvalue weighted by atomic mass is 16.5. The molecule has 2 N–H and O–H groups in total. The number of rotatable bonds is 5. The van der Waals surface area contributed by atoms with Crippen molar-refractivity contribution in [3.8, 4) is 0 Å². The van der Waals surface area contributed by atoms with Crippen molar-refractivity contribution in [1.82, 2.24) is 0 Å². The largest absolute Gasteiger partial charge is 0.379 e. The van der Waals surface area contributed by atoms with Crippen LogP contribution in [0.5, 0.6) is 0 Å². The SMILES string of the molecule is COC(C)(C)CCC1(CN)Cc2ccccc2C1. The van der Waals surface area contributed by atoms with E-state index >= 15 is 0 Å². The Balaban J connectivity index is 2.07. The molecule has 18 heavy (non-hydrogen) atoms. The average Bonchev–Trinajstić information content (AvgIpc) is 2.76. The Morgan fingerprint density at radius 2 is 1.78 bits per heavy atom. The number of hydrogen-bond donors (Lipinski definition) is 1. The van der Waals surface area contributed by atoms with Crippen molar-refractivity contribution in [2.75, 3.05) is 13.7 Å². The number of ether oxygens (including phenoxy) is 1. The molecule has 0 spiro atoms. The van der Waals surface area contributed by atoms with Gasteiger partial charge in [0.25, 0.3) is 0 Å². The van der Waals surface area contributed by atoms with Gasteiger partial charge in [0, 0.05) is 7.11 Å². The molecule has 0 bridgehead atoms. The van der Waals surface area contributed by atoms with Crippen molar-refractivity contribution in [3.63, 3.8) is 0 Å². The van der Waals surface area contributed by atoms with Crippen LogP contribution in [0.1, 0.15) is 37.8 Å². The molecule has 0 fully saturated rings.